The first-order valence-corrected chi connectivity index (χ1v) is 6.47. The van der Waals surface area contributed by atoms with Crippen molar-refractivity contribution in [1.82, 2.24) is 0 Å². The highest BCUT2D eigenvalue weighted by atomic mass is 16.5. The molecule has 2 heterocycles. The van der Waals surface area contributed by atoms with Crippen molar-refractivity contribution in [3.63, 3.8) is 0 Å². The number of hydrogen-bond donors (Lipinski definition) is 1. The van der Waals surface area contributed by atoms with E-state index in [2.05, 4.69) is 13.0 Å². The van der Waals surface area contributed by atoms with Crippen molar-refractivity contribution in [2.75, 3.05) is 19.8 Å². The molecule has 18 heavy (non-hydrogen) atoms. The average molecular weight is 246 g/mol. The van der Waals surface area contributed by atoms with Crippen molar-refractivity contribution >= 4 is 11.0 Å². The minimum absolute atomic E-state index is 0.0733. The van der Waals surface area contributed by atoms with Gasteiger partial charge >= 0.3 is 0 Å². The van der Waals surface area contributed by atoms with Crippen LogP contribution in [0.15, 0.2) is 34.9 Å². The molecule has 0 bridgehead atoms. The van der Waals surface area contributed by atoms with Gasteiger partial charge in [-0.2, -0.15) is 0 Å². The van der Waals surface area contributed by atoms with Crippen LogP contribution in [0.25, 0.3) is 11.0 Å². The zero-order chi connectivity index (χ0) is 12.6. The Kier molecular flexibility index (Phi) is 2.88. The van der Waals surface area contributed by atoms with E-state index in [4.69, 9.17) is 9.15 Å². The van der Waals surface area contributed by atoms with Crippen LogP contribution in [0, 0.1) is 5.92 Å². The van der Waals surface area contributed by atoms with Gasteiger partial charge in [0.05, 0.1) is 24.9 Å². The fraction of sp³-hybridized carbons (Fsp3) is 0.467. The number of furan rings is 1. The number of rotatable bonds is 4. The summed E-state index contributed by atoms with van der Waals surface area (Å²) in [6.45, 7) is 3.66. The third-order valence-electron chi connectivity index (χ3n) is 4.23. The second-order valence-corrected chi connectivity index (χ2v) is 5.08. The standard InChI is InChI=1S/C15H18O3/c1-2-11(7-16)15(9-17-10-15)13-8-18-14-6-4-3-5-12(13)14/h3-6,8,11,16H,2,7,9-10H2,1H3. The lowest BCUT2D eigenvalue weighted by Crippen LogP contribution is -2.53. The maximum atomic E-state index is 9.61. The molecule has 3 nitrogen and oxygen atoms in total. The highest BCUT2D eigenvalue weighted by Gasteiger charge is 2.47. The third-order valence-corrected chi connectivity index (χ3v) is 4.23. The Morgan fingerprint density at radius 2 is 2.11 bits per heavy atom. The van der Waals surface area contributed by atoms with Crippen LogP contribution in [0.3, 0.4) is 0 Å². The van der Waals surface area contributed by atoms with E-state index in [0.29, 0.717) is 13.2 Å². The van der Waals surface area contributed by atoms with Gasteiger partial charge in [-0.1, -0.05) is 31.5 Å². The van der Waals surface area contributed by atoms with Gasteiger partial charge < -0.3 is 14.3 Å². The Labute approximate surface area is 106 Å². The Morgan fingerprint density at radius 1 is 1.33 bits per heavy atom. The summed E-state index contributed by atoms with van der Waals surface area (Å²) in [4.78, 5) is 0. The SMILES string of the molecule is CCC(CO)C1(c2coc3ccccc23)COC1. The van der Waals surface area contributed by atoms with Crippen molar-refractivity contribution in [3.8, 4) is 0 Å². The molecule has 1 unspecified atom stereocenters. The Morgan fingerprint density at radius 3 is 2.72 bits per heavy atom. The quantitative estimate of drug-likeness (QED) is 0.902. The average Bonchev–Trinajstić information content (AvgIpc) is 2.78. The summed E-state index contributed by atoms with van der Waals surface area (Å²) in [6.07, 6.45) is 2.78. The summed E-state index contributed by atoms with van der Waals surface area (Å²) in [6, 6.07) is 8.06. The molecule has 0 saturated carbocycles. The number of hydrogen-bond acceptors (Lipinski definition) is 3. The Balaban J connectivity index is 2.11. The number of aliphatic hydroxyl groups excluding tert-OH is 1. The highest BCUT2D eigenvalue weighted by Crippen LogP contribution is 2.44. The van der Waals surface area contributed by atoms with Crippen LogP contribution in [0.1, 0.15) is 18.9 Å². The summed E-state index contributed by atoms with van der Waals surface area (Å²) in [5.74, 6) is 0.229. The molecule has 1 saturated heterocycles. The highest BCUT2D eigenvalue weighted by molar-refractivity contribution is 5.82. The lowest BCUT2D eigenvalue weighted by atomic mass is 9.68. The molecule has 0 radical (unpaired) electrons. The van der Waals surface area contributed by atoms with Crippen molar-refractivity contribution in [2.24, 2.45) is 5.92 Å². The number of para-hydroxylation sites is 1. The lowest BCUT2D eigenvalue weighted by Gasteiger charge is -2.46. The number of fused-ring (bicyclic) bond motifs is 1. The normalized spacial score (nSPS) is 19.7. The lowest BCUT2D eigenvalue weighted by molar-refractivity contribution is -0.101. The van der Waals surface area contributed by atoms with E-state index in [1.54, 1.807) is 0 Å². The first-order valence-electron chi connectivity index (χ1n) is 6.47. The zero-order valence-corrected chi connectivity index (χ0v) is 10.6. The Hall–Kier alpha value is -1.32. The minimum Gasteiger partial charge on any atom is -0.464 e. The number of aliphatic hydroxyl groups is 1. The van der Waals surface area contributed by atoms with Gasteiger partial charge in [-0.3, -0.25) is 0 Å². The summed E-state index contributed by atoms with van der Waals surface area (Å²) < 4.78 is 11.1. The fourth-order valence-corrected chi connectivity index (χ4v) is 2.99. The molecule has 1 aliphatic heterocycles. The molecule has 1 N–H and O–H groups in total. The molecule has 96 valence electrons. The molecule has 0 spiro atoms. The molecule has 3 rings (SSSR count). The van der Waals surface area contributed by atoms with Gasteiger partial charge in [-0.25, -0.2) is 0 Å². The molecule has 3 heteroatoms. The molecule has 1 atom stereocenters. The maximum Gasteiger partial charge on any atom is 0.134 e. The van der Waals surface area contributed by atoms with Crippen LogP contribution >= 0.6 is 0 Å². The van der Waals surface area contributed by atoms with E-state index in [1.165, 1.54) is 5.56 Å². The monoisotopic (exact) mass is 246 g/mol. The molecular formula is C15H18O3. The van der Waals surface area contributed by atoms with E-state index in [9.17, 15) is 5.11 Å². The summed E-state index contributed by atoms with van der Waals surface area (Å²) in [7, 11) is 0. The van der Waals surface area contributed by atoms with Gasteiger partial charge in [-0.15, -0.1) is 0 Å². The van der Waals surface area contributed by atoms with Gasteiger partial charge in [0.1, 0.15) is 5.58 Å². The van der Waals surface area contributed by atoms with E-state index in [1.807, 2.05) is 24.5 Å². The van der Waals surface area contributed by atoms with Crippen LogP contribution in [-0.2, 0) is 10.2 Å². The van der Waals surface area contributed by atoms with Gasteiger partial charge in [0, 0.05) is 17.6 Å². The van der Waals surface area contributed by atoms with Crippen molar-refractivity contribution in [1.29, 1.82) is 0 Å². The first kappa shape index (κ1) is 11.8. The molecule has 1 fully saturated rings. The van der Waals surface area contributed by atoms with Crippen LogP contribution in [-0.4, -0.2) is 24.9 Å². The van der Waals surface area contributed by atoms with Gasteiger partial charge in [0.25, 0.3) is 0 Å². The van der Waals surface area contributed by atoms with E-state index in [0.717, 1.165) is 17.4 Å². The predicted molar refractivity (Wildman–Crippen MR) is 69.6 cm³/mol. The van der Waals surface area contributed by atoms with Crippen molar-refractivity contribution in [3.05, 3.63) is 36.1 Å². The van der Waals surface area contributed by atoms with E-state index >= 15 is 0 Å². The van der Waals surface area contributed by atoms with Crippen LogP contribution in [0.4, 0.5) is 0 Å². The summed E-state index contributed by atoms with van der Waals surface area (Å²) in [5.41, 5.74) is 2.02. The number of benzene rings is 1. The molecule has 1 aromatic carbocycles. The second-order valence-electron chi connectivity index (χ2n) is 5.08. The van der Waals surface area contributed by atoms with E-state index < -0.39 is 0 Å². The molecule has 0 amide bonds. The molecule has 1 aliphatic rings. The Bertz CT molecular complexity index is 535. The second kappa shape index (κ2) is 4.41. The largest absolute Gasteiger partial charge is 0.464 e. The maximum absolute atomic E-state index is 9.61. The first-order chi connectivity index (χ1) is 8.81. The predicted octanol–water partition coefficient (Wildman–Crippen LogP) is 2.72. The molecule has 1 aromatic heterocycles. The van der Waals surface area contributed by atoms with Gasteiger partial charge in [-0.05, 0) is 12.0 Å². The van der Waals surface area contributed by atoms with Crippen LogP contribution in [0.5, 0.6) is 0 Å². The molecule has 0 aliphatic carbocycles. The topological polar surface area (TPSA) is 42.6 Å². The molecular weight excluding hydrogens is 228 g/mol. The number of ether oxygens (including phenoxy) is 1. The van der Waals surface area contributed by atoms with Crippen LogP contribution < -0.4 is 0 Å². The summed E-state index contributed by atoms with van der Waals surface area (Å²) in [5, 5.41) is 10.8. The van der Waals surface area contributed by atoms with Crippen molar-refractivity contribution < 1.29 is 14.3 Å². The van der Waals surface area contributed by atoms with Gasteiger partial charge in [0.2, 0.25) is 0 Å². The van der Waals surface area contributed by atoms with Gasteiger partial charge in [0.15, 0.2) is 0 Å². The molecule has 2 aromatic rings. The van der Waals surface area contributed by atoms with Crippen LogP contribution in [0.2, 0.25) is 0 Å². The summed E-state index contributed by atoms with van der Waals surface area (Å²) >= 11 is 0. The third kappa shape index (κ3) is 1.51. The fourth-order valence-electron chi connectivity index (χ4n) is 2.99. The smallest absolute Gasteiger partial charge is 0.134 e. The minimum atomic E-state index is -0.0733. The zero-order valence-electron chi connectivity index (χ0n) is 10.6. The van der Waals surface area contributed by atoms with E-state index in [-0.39, 0.29) is 17.9 Å². The van der Waals surface area contributed by atoms with Crippen molar-refractivity contribution in [2.45, 2.75) is 18.8 Å².